The lowest BCUT2D eigenvalue weighted by Gasteiger charge is -2.33. The molecular formula is C13H20ClN3O. The van der Waals surface area contributed by atoms with E-state index in [4.69, 9.17) is 16.3 Å². The number of nitrogens with zero attached hydrogens (tertiary/aromatic N) is 3. The van der Waals surface area contributed by atoms with Crippen LogP contribution in [-0.4, -0.2) is 35.5 Å². The predicted molar refractivity (Wildman–Crippen MR) is 73.5 cm³/mol. The molecule has 1 aromatic heterocycles. The lowest BCUT2D eigenvalue weighted by Crippen LogP contribution is -2.36. The highest BCUT2D eigenvalue weighted by Crippen LogP contribution is 2.25. The largest absolute Gasteiger partial charge is 0.478 e. The van der Waals surface area contributed by atoms with Crippen molar-refractivity contribution in [1.82, 2.24) is 9.97 Å². The summed E-state index contributed by atoms with van der Waals surface area (Å²) in [6, 6.07) is 1.92. The van der Waals surface area contributed by atoms with Crippen LogP contribution in [0.5, 0.6) is 5.88 Å². The van der Waals surface area contributed by atoms with Crippen LogP contribution in [0.2, 0.25) is 0 Å². The molecule has 100 valence electrons. The minimum atomic E-state index is 0.630. The first-order valence-corrected chi connectivity index (χ1v) is 7.12. The number of anilines is 1. The maximum Gasteiger partial charge on any atom is 0.218 e. The van der Waals surface area contributed by atoms with Crippen molar-refractivity contribution in [1.29, 1.82) is 0 Å². The van der Waals surface area contributed by atoms with Crippen LogP contribution in [0.4, 0.5) is 5.82 Å². The minimum Gasteiger partial charge on any atom is -0.478 e. The standard InChI is InChI=1S/C13H20ClN3O/c1-2-18-13-8-12(15-10-16-13)17-7-3-4-11(9-17)5-6-14/h8,10-11H,2-7,9H2,1H3. The summed E-state index contributed by atoms with van der Waals surface area (Å²) < 4.78 is 5.41. The van der Waals surface area contributed by atoms with Gasteiger partial charge in [0.2, 0.25) is 5.88 Å². The SMILES string of the molecule is CCOc1cc(N2CCCC(CCCl)C2)ncn1. The second-order valence-electron chi connectivity index (χ2n) is 4.58. The lowest BCUT2D eigenvalue weighted by atomic mass is 9.95. The van der Waals surface area contributed by atoms with Gasteiger partial charge in [-0.1, -0.05) is 0 Å². The molecule has 0 aliphatic carbocycles. The number of ether oxygens (including phenoxy) is 1. The molecule has 0 spiro atoms. The van der Waals surface area contributed by atoms with Gasteiger partial charge < -0.3 is 9.64 Å². The molecule has 2 rings (SSSR count). The van der Waals surface area contributed by atoms with E-state index in [2.05, 4.69) is 14.9 Å². The van der Waals surface area contributed by atoms with Gasteiger partial charge in [0.1, 0.15) is 12.1 Å². The van der Waals surface area contributed by atoms with Crippen LogP contribution in [0.1, 0.15) is 26.2 Å². The summed E-state index contributed by atoms with van der Waals surface area (Å²) >= 11 is 5.83. The number of piperidine rings is 1. The van der Waals surface area contributed by atoms with Crippen LogP contribution in [0, 0.1) is 5.92 Å². The zero-order chi connectivity index (χ0) is 12.8. The summed E-state index contributed by atoms with van der Waals surface area (Å²) in [6.45, 7) is 4.68. The molecule has 0 saturated carbocycles. The quantitative estimate of drug-likeness (QED) is 0.771. The van der Waals surface area contributed by atoms with E-state index in [1.807, 2.05) is 13.0 Å². The molecule has 1 saturated heterocycles. The van der Waals surface area contributed by atoms with E-state index in [1.165, 1.54) is 12.8 Å². The molecule has 1 aromatic rings. The van der Waals surface area contributed by atoms with E-state index in [0.717, 1.165) is 31.2 Å². The van der Waals surface area contributed by atoms with Gasteiger partial charge in [0, 0.05) is 25.0 Å². The number of alkyl halides is 1. The molecule has 18 heavy (non-hydrogen) atoms. The number of hydrogen-bond acceptors (Lipinski definition) is 4. The number of aromatic nitrogens is 2. The molecule has 0 amide bonds. The van der Waals surface area contributed by atoms with Crippen LogP contribution in [0.25, 0.3) is 0 Å². The van der Waals surface area contributed by atoms with E-state index in [-0.39, 0.29) is 0 Å². The molecule has 1 unspecified atom stereocenters. The molecule has 1 aliphatic heterocycles. The Balaban J connectivity index is 2.03. The molecule has 1 fully saturated rings. The normalized spacial score (nSPS) is 19.9. The molecule has 2 heterocycles. The third kappa shape index (κ3) is 3.48. The molecule has 1 aliphatic rings. The molecule has 1 atom stereocenters. The van der Waals surface area contributed by atoms with Crippen LogP contribution in [-0.2, 0) is 0 Å². The molecular weight excluding hydrogens is 250 g/mol. The van der Waals surface area contributed by atoms with E-state index < -0.39 is 0 Å². The maximum atomic E-state index is 5.83. The Morgan fingerprint density at radius 1 is 1.50 bits per heavy atom. The van der Waals surface area contributed by atoms with Gasteiger partial charge in [0.05, 0.1) is 6.61 Å². The fraction of sp³-hybridized carbons (Fsp3) is 0.692. The van der Waals surface area contributed by atoms with Gasteiger partial charge >= 0.3 is 0 Å². The van der Waals surface area contributed by atoms with Crippen molar-refractivity contribution in [3.8, 4) is 5.88 Å². The van der Waals surface area contributed by atoms with E-state index >= 15 is 0 Å². The van der Waals surface area contributed by atoms with Crippen molar-refractivity contribution in [3.05, 3.63) is 12.4 Å². The molecule has 4 nitrogen and oxygen atoms in total. The van der Waals surface area contributed by atoms with E-state index in [0.29, 0.717) is 18.4 Å². The smallest absolute Gasteiger partial charge is 0.218 e. The highest BCUT2D eigenvalue weighted by molar-refractivity contribution is 6.17. The Labute approximate surface area is 113 Å². The average Bonchev–Trinajstić information content (AvgIpc) is 2.40. The van der Waals surface area contributed by atoms with Crippen molar-refractivity contribution in [3.63, 3.8) is 0 Å². The van der Waals surface area contributed by atoms with Crippen molar-refractivity contribution in [2.45, 2.75) is 26.2 Å². The molecule has 0 N–H and O–H groups in total. The molecule has 0 aromatic carbocycles. The van der Waals surface area contributed by atoms with Gasteiger partial charge in [-0.25, -0.2) is 9.97 Å². The minimum absolute atomic E-state index is 0.630. The van der Waals surface area contributed by atoms with Gasteiger partial charge in [-0.15, -0.1) is 11.6 Å². The summed E-state index contributed by atoms with van der Waals surface area (Å²) in [6.07, 6.45) is 5.13. The van der Waals surface area contributed by atoms with Gasteiger partial charge in [-0.3, -0.25) is 0 Å². The highest BCUT2D eigenvalue weighted by Gasteiger charge is 2.20. The first-order chi connectivity index (χ1) is 8.83. The van der Waals surface area contributed by atoms with Crippen LogP contribution < -0.4 is 9.64 Å². The fourth-order valence-corrected chi connectivity index (χ4v) is 2.70. The van der Waals surface area contributed by atoms with Crippen LogP contribution in [0.15, 0.2) is 12.4 Å². The Morgan fingerprint density at radius 2 is 2.39 bits per heavy atom. The van der Waals surface area contributed by atoms with E-state index in [9.17, 15) is 0 Å². The summed E-state index contributed by atoms with van der Waals surface area (Å²) in [5, 5.41) is 0. The van der Waals surface area contributed by atoms with Crippen LogP contribution in [0.3, 0.4) is 0 Å². The van der Waals surface area contributed by atoms with Crippen molar-refractivity contribution < 1.29 is 4.74 Å². The van der Waals surface area contributed by atoms with Gasteiger partial charge in [0.15, 0.2) is 0 Å². The Morgan fingerprint density at radius 3 is 3.17 bits per heavy atom. The summed E-state index contributed by atoms with van der Waals surface area (Å²) in [5.74, 6) is 3.04. The summed E-state index contributed by atoms with van der Waals surface area (Å²) in [5.41, 5.74) is 0. The highest BCUT2D eigenvalue weighted by atomic mass is 35.5. The predicted octanol–water partition coefficient (Wildman–Crippen LogP) is 2.72. The van der Waals surface area contributed by atoms with Crippen molar-refractivity contribution in [2.24, 2.45) is 5.92 Å². The molecule has 0 radical (unpaired) electrons. The second kappa shape index (κ2) is 6.78. The van der Waals surface area contributed by atoms with E-state index in [1.54, 1.807) is 6.33 Å². The topological polar surface area (TPSA) is 38.2 Å². The van der Waals surface area contributed by atoms with Crippen LogP contribution >= 0.6 is 11.6 Å². The first-order valence-electron chi connectivity index (χ1n) is 6.59. The summed E-state index contributed by atoms with van der Waals surface area (Å²) in [7, 11) is 0. The average molecular weight is 270 g/mol. The maximum absolute atomic E-state index is 5.83. The zero-order valence-corrected chi connectivity index (χ0v) is 11.6. The molecule has 5 heteroatoms. The number of hydrogen-bond donors (Lipinski definition) is 0. The second-order valence-corrected chi connectivity index (χ2v) is 4.96. The monoisotopic (exact) mass is 269 g/mol. The fourth-order valence-electron chi connectivity index (χ4n) is 2.39. The third-order valence-corrected chi connectivity index (χ3v) is 3.50. The lowest BCUT2D eigenvalue weighted by molar-refractivity contribution is 0.325. The van der Waals surface area contributed by atoms with Gasteiger partial charge in [-0.2, -0.15) is 0 Å². The van der Waals surface area contributed by atoms with Crippen molar-refractivity contribution in [2.75, 3.05) is 30.5 Å². The van der Waals surface area contributed by atoms with Gasteiger partial charge in [-0.05, 0) is 32.1 Å². The Kier molecular flexibility index (Phi) is 5.05. The number of halogens is 1. The third-order valence-electron chi connectivity index (χ3n) is 3.28. The first kappa shape index (κ1) is 13.4. The zero-order valence-electron chi connectivity index (χ0n) is 10.8. The van der Waals surface area contributed by atoms with Crippen molar-refractivity contribution >= 4 is 17.4 Å². The van der Waals surface area contributed by atoms with Gasteiger partial charge in [0.25, 0.3) is 0 Å². The Bertz CT molecular complexity index is 373. The summed E-state index contributed by atoms with van der Waals surface area (Å²) in [4.78, 5) is 10.8. The Hall–Kier alpha value is -1.03. The number of rotatable bonds is 5. The molecule has 0 bridgehead atoms.